The SMILES string of the molecule is NC1CCN(C(=O)c2ccc3c(c2)OCO3)C1. The van der Waals surface area contributed by atoms with Crippen LogP contribution in [0.25, 0.3) is 0 Å². The van der Waals surface area contributed by atoms with Gasteiger partial charge in [-0.15, -0.1) is 0 Å². The van der Waals surface area contributed by atoms with Crippen molar-refractivity contribution < 1.29 is 14.3 Å². The van der Waals surface area contributed by atoms with Gasteiger partial charge in [-0.05, 0) is 24.6 Å². The zero-order chi connectivity index (χ0) is 11.8. The molecular weight excluding hydrogens is 220 g/mol. The Kier molecular flexibility index (Phi) is 2.40. The molecule has 1 saturated heterocycles. The highest BCUT2D eigenvalue weighted by molar-refractivity contribution is 5.95. The summed E-state index contributed by atoms with van der Waals surface area (Å²) < 4.78 is 10.5. The fourth-order valence-electron chi connectivity index (χ4n) is 2.18. The number of likely N-dealkylation sites (tertiary alicyclic amines) is 1. The molecule has 1 aromatic rings. The molecule has 0 bridgehead atoms. The van der Waals surface area contributed by atoms with Crippen molar-refractivity contribution in [2.75, 3.05) is 19.9 Å². The molecule has 90 valence electrons. The van der Waals surface area contributed by atoms with E-state index in [-0.39, 0.29) is 18.7 Å². The van der Waals surface area contributed by atoms with Gasteiger partial charge in [0.05, 0.1) is 0 Å². The van der Waals surface area contributed by atoms with Crippen LogP contribution < -0.4 is 15.2 Å². The van der Waals surface area contributed by atoms with Crippen LogP contribution in [0.15, 0.2) is 18.2 Å². The third-order valence-corrected chi connectivity index (χ3v) is 3.13. The van der Waals surface area contributed by atoms with Crippen LogP contribution >= 0.6 is 0 Å². The molecule has 0 spiro atoms. The second kappa shape index (κ2) is 3.92. The lowest BCUT2D eigenvalue weighted by Gasteiger charge is -2.15. The second-order valence-electron chi connectivity index (χ2n) is 4.37. The lowest BCUT2D eigenvalue weighted by molar-refractivity contribution is 0.0790. The molecular formula is C12H14N2O3. The standard InChI is InChI=1S/C12H14N2O3/c13-9-3-4-14(6-9)12(15)8-1-2-10-11(5-8)17-7-16-10/h1-2,5,9H,3-4,6-7,13H2. The van der Waals surface area contributed by atoms with E-state index in [0.29, 0.717) is 23.6 Å². The summed E-state index contributed by atoms with van der Waals surface area (Å²) in [5.41, 5.74) is 6.42. The minimum atomic E-state index is 0.0104. The average molecular weight is 234 g/mol. The molecule has 1 unspecified atom stereocenters. The lowest BCUT2D eigenvalue weighted by atomic mass is 10.2. The zero-order valence-corrected chi connectivity index (χ0v) is 9.39. The van der Waals surface area contributed by atoms with Crippen LogP contribution in [0.5, 0.6) is 11.5 Å². The highest BCUT2D eigenvalue weighted by Crippen LogP contribution is 2.32. The van der Waals surface area contributed by atoms with Crippen molar-refractivity contribution >= 4 is 5.91 Å². The van der Waals surface area contributed by atoms with Crippen molar-refractivity contribution in [2.45, 2.75) is 12.5 Å². The molecule has 17 heavy (non-hydrogen) atoms. The van der Waals surface area contributed by atoms with E-state index in [9.17, 15) is 4.79 Å². The molecule has 2 aliphatic heterocycles. The van der Waals surface area contributed by atoms with Gasteiger partial charge < -0.3 is 20.1 Å². The summed E-state index contributed by atoms with van der Waals surface area (Å²) in [6.45, 7) is 1.59. The van der Waals surface area contributed by atoms with Crippen molar-refractivity contribution in [2.24, 2.45) is 5.73 Å². The molecule has 2 N–H and O–H groups in total. The molecule has 1 amide bonds. The Morgan fingerprint density at radius 2 is 2.18 bits per heavy atom. The van der Waals surface area contributed by atoms with Crippen molar-refractivity contribution in [3.8, 4) is 11.5 Å². The minimum absolute atomic E-state index is 0.0104. The fourth-order valence-corrected chi connectivity index (χ4v) is 2.18. The molecule has 0 aromatic heterocycles. The van der Waals surface area contributed by atoms with Crippen molar-refractivity contribution in [3.63, 3.8) is 0 Å². The van der Waals surface area contributed by atoms with Gasteiger partial charge in [0.2, 0.25) is 6.79 Å². The largest absolute Gasteiger partial charge is 0.454 e. The van der Waals surface area contributed by atoms with E-state index in [2.05, 4.69) is 0 Å². The van der Waals surface area contributed by atoms with Crippen LogP contribution in [0.3, 0.4) is 0 Å². The maximum Gasteiger partial charge on any atom is 0.254 e. The Morgan fingerprint density at radius 1 is 1.35 bits per heavy atom. The first-order chi connectivity index (χ1) is 8.24. The van der Waals surface area contributed by atoms with Gasteiger partial charge in [0.1, 0.15) is 0 Å². The number of ether oxygens (including phenoxy) is 2. The molecule has 0 aliphatic carbocycles. The fraction of sp³-hybridized carbons (Fsp3) is 0.417. The molecule has 1 atom stereocenters. The van der Waals surface area contributed by atoms with E-state index in [1.54, 1.807) is 23.1 Å². The first-order valence-corrected chi connectivity index (χ1v) is 5.68. The molecule has 1 fully saturated rings. The smallest absolute Gasteiger partial charge is 0.254 e. The summed E-state index contributed by atoms with van der Waals surface area (Å²) >= 11 is 0. The monoisotopic (exact) mass is 234 g/mol. The summed E-state index contributed by atoms with van der Waals surface area (Å²) in [6.07, 6.45) is 0.871. The van der Waals surface area contributed by atoms with E-state index in [0.717, 1.165) is 13.0 Å². The summed E-state index contributed by atoms with van der Waals surface area (Å²) in [5, 5.41) is 0. The Morgan fingerprint density at radius 3 is 2.94 bits per heavy atom. The summed E-state index contributed by atoms with van der Waals surface area (Å²) in [5.74, 6) is 1.34. The number of benzene rings is 1. The van der Waals surface area contributed by atoms with Gasteiger partial charge in [0, 0.05) is 24.7 Å². The quantitative estimate of drug-likeness (QED) is 0.772. The number of nitrogens with two attached hydrogens (primary N) is 1. The van der Waals surface area contributed by atoms with Crippen molar-refractivity contribution in [1.82, 2.24) is 4.90 Å². The van der Waals surface area contributed by atoms with Crippen LogP contribution in [0.1, 0.15) is 16.8 Å². The molecule has 0 saturated carbocycles. The van der Waals surface area contributed by atoms with Crippen LogP contribution in [0.4, 0.5) is 0 Å². The van der Waals surface area contributed by atoms with Gasteiger partial charge in [-0.3, -0.25) is 4.79 Å². The maximum absolute atomic E-state index is 12.2. The number of carbonyl (C=O) groups is 1. The van der Waals surface area contributed by atoms with Crippen molar-refractivity contribution in [3.05, 3.63) is 23.8 Å². The van der Waals surface area contributed by atoms with E-state index in [1.807, 2.05) is 0 Å². The van der Waals surface area contributed by atoms with Gasteiger partial charge in [-0.2, -0.15) is 0 Å². The molecule has 2 heterocycles. The maximum atomic E-state index is 12.2. The third-order valence-electron chi connectivity index (χ3n) is 3.13. The highest BCUT2D eigenvalue weighted by Gasteiger charge is 2.25. The minimum Gasteiger partial charge on any atom is -0.454 e. The van der Waals surface area contributed by atoms with E-state index < -0.39 is 0 Å². The number of carbonyl (C=O) groups excluding carboxylic acids is 1. The zero-order valence-electron chi connectivity index (χ0n) is 9.39. The van der Waals surface area contributed by atoms with E-state index in [4.69, 9.17) is 15.2 Å². The van der Waals surface area contributed by atoms with Gasteiger partial charge in [0.15, 0.2) is 11.5 Å². The van der Waals surface area contributed by atoms with Crippen LogP contribution in [-0.4, -0.2) is 36.7 Å². The molecule has 5 heteroatoms. The molecule has 3 rings (SSSR count). The Labute approximate surface area is 99.1 Å². The first kappa shape index (κ1) is 10.4. The number of hydrogen-bond acceptors (Lipinski definition) is 4. The molecule has 5 nitrogen and oxygen atoms in total. The summed E-state index contributed by atoms with van der Waals surface area (Å²) in [7, 11) is 0. The van der Waals surface area contributed by atoms with Gasteiger partial charge in [-0.25, -0.2) is 0 Å². The molecule has 2 aliphatic rings. The number of hydrogen-bond donors (Lipinski definition) is 1. The highest BCUT2D eigenvalue weighted by atomic mass is 16.7. The number of amides is 1. The van der Waals surface area contributed by atoms with Crippen LogP contribution in [-0.2, 0) is 0 Å². The van der Waals surface area contributed by atoms with Crippen LogP contribution in [0.2, 0.25) is 0 Å². The first-order valence-electron chi connectivity index (χ1n) is 5.68. The van der Waals surface area contributed by atoms with Crippen molar-refractivity contribution in [1.29, 1.82) is 0 Å². The van der Waals surface area contributed by atoms with E-state index in [1.165, 1.54) is 0 Å². The van der Waals surface area contributed by atoms with Gasteiger partial charge in [-0.1, -0.05) is 0 Å². The third kappa shape index (κ3) is 1.82. The van der Waals surface area contributed by atoms with E-state index >= 15 is 0 Å². The normalized spacial score (nSPS) is 21.9. The van der Waals surface area contributed by atoms with Gasteiger partial charge >= 0.3 is 0 Å². The predicted octanol–water partition coefficient (Wildman–Crippen LogP) is 0.588. The summed E-state index contributed by atoms with van der Waals surface area (Å²) in [4.78, 5) is 13.9. The Balaban J connectivity index is 1.82. The van der Waals surface area contributed by atoms with Crippen LogP contribution in [0, 0.1) is 0 Å². The average Bonchev–Trinajstić information content (AvgIpc) is 2.95. The topological polar surface area (TPSA) is 64.8 Å². The number of rotatable bonds is 1. The Bertz CT molecular complexity index is 461. The molecule has 0 radical (unpaired) electrons. The van der Waals surface area contributed by atoms with Gasteiger partial charge in [0.25, 0.3) is 5.91 Å². The summed E-state index contributed by atoms with van der Waals surface area (Å²) in [6, 6.07) is 5.37. The molecule has 1 aromatic carbocycles. The lowest BCUT2D eigenvalue weighted by Crippen LogP contribution is -2.31. The number of fused-ring (bicyclic) bond motifs is 1. The predicted molar refractivity (Wildman–Crippen MR) is 61.1 cm³/mol. The Hall–Kier alpha value is -1.75. The second-order valence-corrected chi connectivity index (χ2v) is 4.37. The number of nitrogens with zero attached hydrogens (tertiary/aromatic N) is 1.